The number of hydrogen-bond donors (Lipinski definition) is 0. The fourth-order valence-electron chi connectivity index (χ4n) is 2.46. The van der Waals surface area contributed by atoms with E-state index in [1.54, 1.807) is 37.3 Å². The van der Waals surface area contributed by atoms with Crippen LogP contribution in [0.15, 0.2) is 54.6 Å². The Kier molecular flexibility index (Phi) is 6.32. The van der Waals surface area contributed by atoms with Crippen LogP contribution in [0.1, 0.15) is 35.2 Å². The van der Waals surface area contributed by atoms with Crippen LogP contribution in [0.3, 0.4) is 0 Å². The minimum absolute atomic E-state index is 0.0579. The molecule has 26 heavy (non-hydrogen) atoms. The van der Waals surface area contributed by atoms with Gasteiger partial charge in [0.1, 0.15) is 0 Å². The second-order valence-corrected chi connectivity index (χ2v) is 5.48. The molecule has 0 bridgehead atoms. The third-order valence-corrected chi connectivity index (χ3v) is 3.78. The average molecular weight is 355 g/mol. The smallest absolute Gasteiger partial charge is 0.375 e. The lowest BCUT2D eigenvalue weighted by Crippen LogP contribution is -2.26. The number of carbonyl (C=O) groups excluding carboxylic acids is 3. The number of Topliss-reactive ketones (excluding diaryl/α,β-unsaturated/α-hetero) is 2. The van der Waals surface area contributed by atoms with Gasteiger partial charge in [0.2, 0.25) is 5.78 Å². The number of carbonyl (C=O) groups is 3. The van der Waals surface area contributed by atoms with Gasteiger partial charge in [-0.25, -0.2) is 4.79 Å². The van der Waals surface area contributed by atoms with Crippen LogP contribution in [-0.2, 0) is 14.3 Å². The van der Waals surface area contributed by atoms with E-state index in [4.69, 9.17) is 4.74 Å². The van der Waals surface area contributed by atoms with Gasteiger partial charge in [-0.2, -0.15) is 0 Å². The molecule has 0 spiro atoms. The summed E-state index contributed by atoms with van der Waals surface area (Å²) < 4.78 is 4.76. The Morgan fingerprint density at radius 1 is 1.04 bits per heavy atom. The Morgan fingerprint density at radius 3 is 2.19 bits per heavy atom. The minimum Gasteiger partial charge on any atom is -0.460 e. The fourth-order valence-corrected chi connectivity index (χ4v) is 2.46. The summed E-state index contributed by atoms with van der Waals surface area (Å²) in [6, 6.07) is 13.6. The molecular formula is C19H17NO6. The molecule has 1 atom stereocenters. The van der Waals surface area contributed by atoms with Gasteiger partial charge in [0, 0.05) is 24.1 Å². The molecular weight excluding hydrogens is 338 g/mol. The molecule has 0 aliphatic heterocycles. The first kappa shape index (κ1) is 19.0. The van der Waals surface area contributed by atoms with Gasteiger partial charge in [0.05, 0.1) is 17.4 Å². The molecule has 0 saturated heterocycles. The number of nitro groups is 1. The van der Waals surface area contributed by atoms with Crippen molar-refractivity contribution in [1.82, 2.24) is 0 Å². The predicted molar refractivity (Wildman–Crippen MR) is 92.9 cm³/mol. The quantitative estimate of drug-likeness (QED) is 0.237. The molecule has 1 unspecified atom stereocenters. The van der Waals surface area contributed by atoms with E-state index >= 15 is 0 Å². The standard InChI is InChI=1S/C19H17NO6/c1-2-26-19(23)18(22)16(13-6-4-3-5-7-13)12-17(21)14-8-10-15(11-9-14)20(24)25/h3-11,16H,2,12H2,1H3. The van der Waals surface area contributed by atoms with Gasteiger partial charge in [-0.05, 0) is 24.6 Å². The first-order valence-electron chi connectivity index (χ1n) is 7.97. The number of non-ortho nitro benzene ring substituents is 1. The lowest BCUT2D eigenvalue weighted by Gasteiger charge is -2.15. The predicted octanol–water partition coefficient (Wildman–Crippen LogP) is 3.08. The molecule has 2 rings (SSSR count). The molecule has 0 aliphatic carbocycles. The molecule has 0 aromatic heterocycles. The first-order valence-corrected chi connectivity index (χ1v) is 7.97. The summed E-state index contributed by atoms with van der Waals surface area (Å²) in [5.41, 5.74) is 0.623. The van der Waals surface area contributed by atoms with Gasteiger partial charge >= 0.3 is 5.97 Å². The zero-order valence-corrected chi connectivity index (χ0v) is 14.1. The van der Waals surface area contributed by atoms with Crippen molar-refractivity contribution in [3.63, 3.8) is 0 Å². The van der Waals surface area contributed by atoms with Crippen molar-refractivity contribution in [2.45, 2.75) is 19.3 Å². The minimum atomic E-state index is -0.988. The first-order chi connectivity index (χ1) is 12.4. The summed E-state index contributed by atoms with van der Waals surface area (Å²) in [5.74, 6) is -3.16. The van der Waals surface area contributed by atoms with Crippen molar-refractivity contribution in [1.29, 1.82) is 0 Å². The van der Waals surface area contributed by atoms with Crippen LogP contribution in [0.5, 0.6) is 0 Å². The van der Waals surface area contributed by atoms with Crippen LogP contribution in [0.4, 0.5) is 5.69 Å². The van der Waals surface area contributed by atoms with E-state index in [1.165, 1.54) is 24.3 Å². The largest absolute Gasteiger partial charge is 0.460 e. The van der Waals surface area contributed by atoms with Gasteiger partial charge in [0.25, 0.3) is 5.69 Å². The number of nitrogens with zero attached hydrogens (tertiary/aromatic N) is 1. The molecule has 0 amide bonds. The molecule has 134 valence electrons. The summed E-state index contributed by atoms with van der Waals surface area (Å²) in [6.07, 6.45) is -0.237. The lowest BCUT2D eigenvalue weighted by atomic mass is 9.88. The third kappa shape index (κ3) is 4.60. The number of rotatable bonds is 8. The Labute approximate surface area is 149 Å². The molecule has 7 nitrogen and oxygen atoms in total. The molecule has 0 saturated carbocycles. The number of esters is 1. The van der Waals surface area contributed by atoms with Crippen LogP contribution >= 0.6 is 0 Å². The second-order valence-electron chi connectivity index (χ2n) is 5.48. The van der Waals surface area contributed by atoms with Crippen molar-refractivity contribution >= 4 is 23.2 Å². The molecule has 0 N–H and O–H groups in total. The molecule has 2 aromatic rings. The summed E-state index contributed by atoms with van der Waals surface area (Å²) >= 11 is 0. The van der Waals surface area contributed by atoms with E-state index in [0.717, 1.165) is 0 Å². The van der Waals surface area contributed by atoms with Gasteiger partial charge in [0.15, 0.2) is 5.78 Å². The highest BCUT2D eigenvalue weighted by Crippen LogP contribution is 2.24. The van der Waals surface area contributed by atoms with Gasteiger partial charge in [-0.3, -0.25) is 19.7 Å². The molecule has 0 heterocycles. The number of ether oxygens (including phenoxy) is 1. The summed E-state index contributed by atoms with van der Waals surface area (Å²) in [6.45, 7) is 1.65. The van der Waals surface area contributed by atoms with Crippen molar-refractivity contribution < 1.29 is 24.0 Å². The maximum absolute atomic E-state index is 12.5. The van der Waals surface area contributed by atoms with Crippen molar-refractivity contribution in [2.75, 3.05) is 6.61 Å². The zero-order valence-electron chi connectivity index (χ0n) is 14.1. The molecule has 7 heteroatoms. The van der Waals surface area contributed by atoms with E-state index in [2.05, 4.69) is 0 Å². The summed E-state index contributed by atoms with van der Waals surface area (Å²) in [4.78, 5) is 46.9. The van der Waals surface area contributed by atoms with Crippen LogP contribution < -0.4 is 0 Å². The van der Waals surface area contributed by atoms with Crippen LogP contribution in [-0.4, -0.2) is 29.1 Å². The molecule has 0 aliphatic rings. The maximum atomic E-state index is 12.5. The SMILES string of the molecule is CCOC(=O)C(=O)C(CC(=O)c1ccc([N+](=O)[O-])cc1)c1ccccc1. The van der Waals surface area contributed by atoms with E-state index in [9.17, 15) is 24.5 Å². The number of benzene rings is 2. The second kappa shape index (κ2) is 8.66. The lowest BCUT2D eigenvalue weighted by molar-refractivity contribution is -0.384. The maximum Gasteiger partial charge on any atom is 0.375 e. The van der Waals surface area contributed by atoms with Crippen LogP contribution in [0, 0.1) is 10.1 Å². The van der Waals surface area contributed by atoms with Crippen molar-refractivity contribution in [3.05, 3.63) is 75.8 Å². The highest BCUT2D eigenvalue weighted by Gasteiger charge is 2.30. The summed E-state index contributed by atoms with van der Waals surface area (Å²) in [7, 11) is 0. The highest BCUT2D eigenvalue weighted by atomic mass is 16.6. The summed E-state index contributed by atoms with van der Waals surface area (Å²) in [5, 5.41) is 10.7. The fraction of sp³-hybridized carbons (Fsp3) is 0.211. The average Bonchev–Trinajstić information content (AvgIpc) is 2.66. The Hall–Kier alpha value is -3.35. The van der Waals surface area contributed by atoms with Crippen molar-refractivity contribution in [3.8, 4) is 0 Å². The van der Waals surface area contributed by atoms with Crippen molar-refractivity contribution in [2.24, 2.45) is 0 Å². The molecule has 2 aromatic carbocycles. The van der Waals surface area contributed by atoms with E-state index in [-0.39, 0.29) is 24.3 Å². The van der Waals surface area contributed by atoms with Crippen LogP contribution in [0.2, 0.25) is 0 Å². The van der Waals surface area contributed by atoms with E-state index in [1.807, 2.05) is 0 Å². The molecule has 0 fully saturated rings. The Bertz CT molecular complexity index is 814. The van der Waals surface area contributed by atoms with Gasteiger partial charge in [-0.15, -0.1) is 0 Å². The van der Waals surface area contributed by atoms with Gasteiger partial charge in [-0.1, -0.05) is 30.3 Å². The highest BCUT2D eigenvalue weighted by molar-refractivity contribution is 6.36. The molecule has 0 radical (unpaired) electrons. The monoisotopic (exact) mass is 355 g/mol. The number of nitro benzene ring substituents is 1. The Morgan fingerprint density at radius 2 is 1.65 bits per heavy atom. The number of ketones is 2. The topological polar surface area (TPSA) is 104 Å². The third-order valence-electron chi connectivity index (χ3n) is 3.78. The normalized spacial score (nSPS) is 11.4. The zero-order chi connectivity index (χ0) is 19.1. The number of hydrogen-bond acceptors (Lipinski definition) is 6. The van der Waals surface area contributed by atoms with E-state index < -0.39 is 28.4 Å². The van der Waals surface area contributed by atoms with Crippen LogP contribution in [0.25, 0.3) is 0 Å². The van der Waals surface area contributed by atoms with Gasteiger partial charge < -0.3 is 4.74 Å². The van der Waals surface area contributed by atoms with E-state index in [0.29, 0.717) is 5.56 Å². The Balaban J connectivity index is 2.25.